The Morgan fingerprint density at radius 3 is 2.65 bits per heavy atom. The first-order valence-electron chi connectivity index (χ1n) is 8.35. The van der Waals surface area contributed by atoms with Crippen molar-refractivity contribution in [2.75, 3.05) is 50.2 Å². The minimum Gasteiger partial charge on any atom is -0.493 e. The molecule has 2 aromatic carbocycles. The number of methoxy groups -OCH3 is 1. The normalized spacial score (nSPS) is 14.0. The van der Waals surface area contributed by atoms with Crippen molar-refractivity contribution in [3.63, 3.8) is 0 Å². The lowest BCUT2D eigenvalue weighted by molar-refractivity contribution is -0.118. The number of anilines is 2. The van der Waals surface area contributed by atoms with Gasteiger partial charge in [-0.1, -0.05) is 23.7 Å². The van der Waals surface area contributed by atoms with Gasteiger partial charge in [0.15, 0.2) is 18.1 Å². The average Bonchev–Trinajstić information content (AvgIpc) is 2.68. The zero-order valence-corrected chi connectivity index (χ0v) is 15.3. The molecule has 0 spiro atoms. The summed E-state index contributed by atoms with van der Waals surface area (Å²) in [5.74, 6) is 0.850. The van der Waals surface area contributed by atoms with Gasteiger partial charge in [-0.15, -0.1) is 0 Å². The van der Waals surface area contributed by atoms with Crippen LogP contribution in [0.25, 0.3) is 0 Å². The second-order valence-electron chi connectivity index (χ2n) is 5.75. The number of hydrogen-bond donors (Lipinski definition) is 1. The summed E-state index contributed by atoms with van der Waals surface area (Å²) in [5, 5.41) is 3.52. The highest BCUT2D eigenvalue weighted by atomic mass is 35.5. The molecule has 0 atom stereocenters. The molecule has 0 radical (unpaired) electrons. The largest absolute Gasteiger partial charge is 0.493 e. The summed E-state index contributed by atoms with van der Waals surface area (Å²) in [4.78, 5) is 14.5. The van der Waals surface area contributed by atoms with Crippen LogP contribution >= 0.6 is 11.6 Å². The predicted molar refractivity (Wildman–Crippen MR) is 102 cm³/mol. The maximum atomic E-state index is 12.4. The Morgan fingerprint density at radius 2 is 1.92 bits per heavy atom. The van der Waals surface area contributed by atoms with E-state index in [1.165, 1.54) is 0 Å². The topological polar surface area (TPSA) is 60.0 Å². The van der Waals surface area contributed by atoms with Crippen molar-refractivity contribution in [3.8, 4) is 11.5 Å². The van der Waals surface area contributed by atoms with E-state index in [2.05, 4.69) is 10.2 Å². The fraction of sp³-hybridized carbons (Fsp3) is 0.316. The molecule has 0 unspecified atom stereocenters. The molecule has 26 heavy (non-hydrogen) atoms. The van der Waals surface area contributed by atoms with Crippen molar-refractivity contribution >= 4 is 28.9 Å². The van der Waals surface area contributed by atoms with Crippen LogP contribution in [0, 0.1) is 0 Å². The Kier molecular flexibility index (Phi) is 6.20. The van der Waals surface area contributed by atoms with Gasteiger partial charge in [-0.25, -0.2) is 0 Å². The maximum absolute atomic E-state index is 12.4. The molecule has 7 heteroatoms. The molecule has 0 bridgehead atoms. The van der Waals surface area contributed by atoms with E-state index >= 15 is 0 Å². The van der Waals surface area contributed by atoms with Gasteiger partial charge in [0.05, 0.1) is 31.7 Å². The molecule has 1 aliphatic rings. The Bertz CT molecular complexity index is 763. The number of carbonyl (C=O) groups is 1. The van der Waals surface area contributed by atoms with E-state index in [9.17, 15) is 4.79 Å². The Hall–Kier alpha value is -2.44. The van der Waals surface area contributed by atoms with Gasteiger partial charge >= 0.3 is 0 Å². The second-order valence-corrected chi connectivity index (χ2v) is 6.19. The number of para-hydroxylation sites is 2. The maximum Gasteiger partial charge on any atom is 0.262 e. The molecular formula is C19H21ClN2O4. The van der Waals surface area contributed by atoms with Crippen LogP contribution in [-0.2, 0) is 9.53 Å². The van der Waals surface area contributed by atoms with Gasteiger partial charge in [-0.2, -0.15) is 0 Å². The first kappa shape index (κ1) is 18.4. The van der Waals surface area contributed by atoms with Crippen LogP contribution in [-0.4, -0.2) is 45.9 Å². The number of nitrogens with one attached hydrogen (secondary N) is 1. The van der Waals surface area contributed by atoms with Crippen LogP contribution in [0.3, 0.4) is 0 Å². The molecule has 0 aliphatic carbocycles. The van der Waals surface area contributed by atoms with Gasteiger partial charge in [-0.05, 0) is 30.3 Å². The van der Waals surface area contributed by atoms with E-state index in [-0.39, 0.29) is 12.5 Å². The standard InChI is InChI=1S/C19H21ClN2O4/c1-24-17-4-2-3-5-18(17)26-13-19(23)21-15-7-6-14(20)12-16(15)22-8-10-25-11-9-22/h2-7,12H,8-11,13H2,1H3,(H,21,23). The van der Waals surface area contributed by atoms with Crippen molar-refractivity contribution in [2.45, 2.75) is 0 Å². The summed E-state index contributed by atoms with van der Waals surface area (Å²) in [6.07, 6.45) is 0. The molecule has 1 heterocycles. The number of halogens is 1. The third-order valence-corrected chi connectivity index (χ3v) is 4.25. The number of benzene rings is 2. The molecule has 0 aromatic heterocycles. The van der Waals surface area contributed by atoms with Gasteiger partial charge < -0.3 is 24.4 Å². The van der Waals surface area contributed by atoms with Gasteiger partial charge in [-0.3, -0.25) is 4.79 Å². The highest BCUT2D eigenvalue weighted by Crippen LogP contribution is 2.30. The first-order valence-corrected chi connectivity index (χ1v) is 8.73. The number of amides is 1. The zero-order valence-electron chi connectivity index (χ0n) is 14.5. The molecule has 138 valence electrons. The van der Waals surface area contributed by atoms with E-state index in [1.807, 2.05) is 18.2 Å². The van der Waals surface area contributed by atoms with E-state index in [0.717, 1.165) is 18.8 Å². The van der Waals surface area contributed by atoms with Crippen LogP contribution < -0.4 is 19.7 Å². The lowest BCUT2D eigenvalue weighted by Crippen LogP contribution is -2.37. The Balaban J connectivity index is 1.67. The summed E-state index contributed by atoms with van der Waals surface area (Å²) >= 11 is 6.14. The molecular weight excluding hydrogens is 356 g/mol. The molecule has 1 fully saturated rings. The molecule has 1 saturated heterocycles. The van der Waals surface area contributed by atoms with Gasteiger partial charge in [0.2, 0.25) is 0 Å². The third kappa shape index (κ3) is 4.59. The molecule has 3 rings (SSSR count). The number of nitrogens with zero attached hydrogens (tertiary/aromatic N) is 1. The second kappa shape index (κ2) is 8.78. The van der Waals surface area contributed by atoms with Crippen molar-refractivity contribution in [1.82, 2.24) is 0 Å². The van der Waals surface area contributed by atoms with Crippen molar-refractivity contribution in [3.05, 3.63) is 47.5 Å². The van der Waals surface area contributed by atoms with Crippen LogP contribution in [0.1, 0.15) is 0 Å². The number of morpholine rings is 1. The summed E-state index contributed by atoms with van der Waals surface area (Å²) in [7, 11) is 1.56. The number of rotatable bonds is 6. The average molecular weight is 377 g/mol. The van der Waals surface area contributed by atoms with Gasteiger partial charge in [0, 0.05) is 18.1 Å². The summed E-state index contributed by atoms with van der Waals surface area (Å²) < 4.78 is 16.2. The number of hydrogen-bond acceptors (Lipinski definition) is 5. The highest BCUT2D eigenvalue weighted by Gasteiger charge is 2.17. The van der Waals surface area contributed by atoms with Crippen LogP contribution in [0.5, 0.6) is 11.5 Å². The smallest absolute Gasteiger partial charge is 0.262 e. The molecule has 0 saturated carbocycles. The van der Waals surface area contributed by atoms with Crippen LogP contribution in [0.4, 0.5) is 11.4 Å². The van der Waals surface area contributed by atoms with Crippen molar-refractivity contribution in [1.29, 1.82) is 0 Å². The monoisotopic (exact) mass is 376 g/mol. The first-order chi connectivity index (χ1) is 12.7. The minimum atomic E-state index is -0.257. The third-order valence-electron chi connectivity index (χ3n) is 4.01. The Morgan fingerprint density at radius 1 is 1.19 bits per heavy atom. The fourth-order valence-electron chi connectivity index (χ4n) is 2.74. The zero-order chi connectivity index (χ0) is 18.4. The van der Waals surface area contributed by atoms with E-state index < -0.39 is 0 Å². The quantitative estimate of drug-likeness (QED) is 0.838. The molecule has 2 aromatic rings. The number of ether oxygens (including phenoxy) is 3. The van der Waals surface area contributed by atoms with E-state index in [1.54, 1.807) is 31.4 Å². The highest BCUT2D eigenvalue weighted by molar-refractivity contribution is 6.31. The lowest BCUT2D eigenvalue weighted by Gasteiger charge is -2.30. The predicted octanol–water partition coefficient (Wildman–Crippen LogP) is 3.20. The summed E-state index contributed by atoms with van der Waals surface area (Å²) in [5.41, 5.74) is 1.58. The van der Waals surface area contributed by atoms with Crippen molar-refractivity contribution in [2.24, 2.45) is 0 Å². The van der Waals surface area contributed by atoms with Gasteiger partial charge in [0.1, 0.15) is 0 Å². The molecule has 1 aliphatic heterocycles. The van der Waals surface area contributed by atoms with Crippen molar-refractivity contribution < 1.29 is 19.0 Å². The van der Waals surface area contributed by atoms with Crippen LogP contribution in [0.2, 0.25) is 5.02 Å². The van der Waals surface area contributed by atoms with Crippen LogP contribution in [0.15, 0.2) is 42.5 Å². The summed E-state index contributed by atoms with van der Waals surface area (Å²) in [6, 6.07) is 12.6. The molecule has 1 amide bonds. The SMILES string of the molecule is COc1ccccc1OCC(=O)Nc1ccc(Cl)cc1N1CCOCC1. The molecule has 6 nitrogen and oxygen atoms in total. The van der Waals surface area contributed by atoms with E-state index in [0.29, 0.717) is 35.4 Å². The number of carbonyl (C=O) groups excluding carboxylic acids is 1. The lowest BCUT2D eigenvalue weighted by atomic mass is 10.2. The van der Waals surface area contributed by atoms with Gasteiger partial charge in [0.25, 0.3) is 5.91 Å². The Labute approximate surface area is 157 Å². The summed E-state index contributed by atoms with van der Waals surface area (Å²) in [6.45, 7) is 2.68. The minimum absolute atomic E-state index is 0.119. The fourth-order valence-corrected chi connectivity index (χ4v) is 2.91. The molecule has 1 N–H and O–H groups in total. The van der Waals surface area contributed by atoms with E-state index in [4.69, 9.17) is 25.8 Å².